The fourth-order valence-electron chi connectivity index (χ4n) is 2.09. The molecule has 1 heterocycles. The van der Waals surface area contributed by atoms with E-state index in [-0.39, 0.29) is 16.1 Å². The van der Waals surface area contributed by atoms with E-state index in [1.807, 2.05) is 0 Å². The van der Waals surface area contributed by atoms with Gasteiger partial charge in [0.05, 0.1) is 17.8 Å². The van der Waals surface area contributed by atoms with Crippen molar-refractivity contribution >= 4 is 21.4 Å². The number of nitrogen functional groups attached to an aromatic ring is 1. The third-order valence-electron chi connectivity index (χ3n) is 3.23. The Balaban J connectivity index is 2.24. The van der Waals surface area contributed by atoms with E-state index in [9.17, 15) is 8.42 Å². The summed E-state index contributed by atoms with van der Waals surface area (Å²) in [6, 6.07) is 4.85. The van der Waals surface area contributed by atoms with Crippen LogP contribution >= 0.6 is 0 Å². The average Bonchev–Trinajstić information content (AvgIpc) is 2.75. The Morgan fingerprint density at radius 3 is 2.68 bits per heavy atom. The lowest BCUT2D eigenvalue weighted by Crippen LogP contribution is -2.35. The van der Waals surface area contributed by atoms with E-state index in [1.165, 1.54) is 13.1 Å². The average molecular weight is 285 g/mol. The summed E-state index contributed by atoms with van der Waals surface area (Å²) in [4.78, 5) is 0.0911. The lowest BCUT2D eigenvalue weighted by Gasteiger charge is -2.25. The molecule has 6 nitrogen and oxygen atoms in total. The molecular formula is C12H19N3O3S. The second-order valence-corrected chi connectivity index (χ2v) is 6.80. The molecular weight excluding hydrogens is 266 g/mol. The summed E-state index contributed by atoms with van der Waals surface area (Å²) in [7, 11) is -2.16. The van der Waals surface area contributed by atoms with Crippen LogP contribution < -0.4 is 15.8 Å². The molecule has 4 N–H and O–H groups in total. The van der Waals surface area contributed by atoms with Crippen LogP contribution in [-0.4, -0.2) is 34.2 Å². The lowest BCUT2D eigenvalue weighted by atomic mass is 10.0. The van der Waals surface area contributed by atoms with Gasteiger partial charge in [-0.2, -0.15) is 0 Å². The molecule has 0 amide bonds. The maximum atomic E-state index is 11.7. The van der Waals surface area contributed by atoms with Gasteiger partial charge in [0.15, 0.2) is 0 Å². The number of ether oxygens (including phenoxy) is 1. The monoisotopic (exact) mass is 285 g/mol. The fourth-order valence-corrected chi connectivity index (χ4v) is 2.93. The Labute approximate surface area is 113 Å². The predicted octanol–water partition coefficient (Wildman–Crippen LogP) is 0.768. The van der Waals surface area contributed by atoms with Crippen molar-refractivity contribution < 1.29 is 13.2 Å². The first-order valence-electron chi connectivity index (χ1n) is 6.05. The zero-order chi connectivity index (χ0) is 14.1. The van der Waals surface area contributed by atoms with Gasteiger partial charge < -0.3 is 15.8 Å². The summed E-state index contributed by atoms with van der Waals surface area (Å²) in [6.45, 7) is 3.42. The molecule has 2 rings (SSSR count). The molecule has 106 valence electrons. The van der Waals surface area contributed by atoms with Crippen LogP contribution in [0, 0.1) is 0 Å². The Morgan fingerprint density at radius 1 is 1.42 bits per heavy atom. The summed E-state index contributed by atoms with van der Waals surface area (Å²) in [5.41, 5.74) is 6.70. The second kappa shape index (κ2) is 4.99. The highest BCUT2D eigenvalue weighted by Crippen LogP contribution is 2.27. The Hall–Kier alpha value is -1.31. The first-order chi connectivity index (χ1) is 8.86. The molecule has 1 aliphatic rings. The van der Waals surface area contributed by atoms with Crippen molar-refractivity contribution in [3.8, 4) is 0 Å². The van der Waals surface area contributed by atoms with E-state index < -0.39 is 10.0 Å². The number of nitrogens with one attached hydrogen (secondary N) is 2. The number of hydrogen-bond acceptors (Lipinski definition) is 5. The van der Waals surface area contributed by atoms with Crippen LogP contribution in [0.3, 0.4) is 0 Å². The van der Waals surface area contributed by atoms with Crippen LogP contribution in [0.25, 0.3) is 0 Å². The van der Waals surface area contributed by atoms with Gasteiger partial charge in [0.25, 0.3) is 0 Å². The quantitative estimate of drug-likeness (QED) is 0.710. The maximum absolute atomic E-state index is 11.7. The van der Waals surface area contributed by atoms with E-state index in [4.69, 9.17) is 10.5 Å². The van der Waals surface area contributed by atoms with Crippen molar-refractivity contribution in [3.63, 3.8) is 0 Å². The molecule has 0 aliphatic carbocycles. The predicted molar refractivity (Wildman–Crippen MR) is 74.6 cm³/mol. The summed E-state index contributed by atoms with van der Waals surface area (Å²) < 4.78 is 31.0. The Kier molecular flexibility index (Phi) is 3.71. The van der Waals surface area contributed by atoms with E-state index in [0.29, 0.717) is 6.61 Å². The van der Waals surface area contributed by atoms with Crippen LogP contribution in [0.1, 0.15) is 13.3 Å². The van der Waals surface area contributed by atoms with E-state index in [2.05, 4.69) is 17.0 Å². The van der Waals surface area contributed by atoms with Crippen molar-refractivity contribution in [2.75, 3.05) is 31.3 Å². The highest BCUT2D eigenvalue weighted by Gasteiger charge is 2.29. The topological polar surface area (TPSA) is 93.5 Å². The third kappa shape index (κ3) is 2.99. The zero-order valence-electron chi connectivity index (χ0n) is 11.1. The fraction of sp³-hybridized carbons (Fsp3) is 0.500. The lowest BCUT2D eigenvalue weighted by molar-refractivity contribution is 0.185. The summed E-state index contributed by atoms with van der Waals surface area (Å²) >= 11 is 0. The van der Waals surface area contributed by atoms with Crippen molar-refractivity contribution in [1.29, 1.82) is 0 Å². The molecule has 1 aliphatic heterocycles. The van der Waals surface area contributed by atoms with Gasteiger partial charge in [0, 0.05) is 12.3 Å². The molecule has 1 aromatic rings. The van der Waals surface area contributed by atoms with Gasteiger partial charge in [-0.05, 0) is 38.6 Å². The first kappa shape index (κ1) is 14.1. The highest BCUT2D eigenvalue weighted by molar-refractivity contribution is 7.89. The van der Waals surface area contributed by atoms with Gasteiger partial charge in [-0.25, -0.2) is 13.1 Å². The smallest absolute Gasteiger partial charge is 0.242 e. The van der Waals surface area contributed by atoms with Gasteiger partial charge in [-0.15, -0.1) is 0 Å². The van der Waals surface area contributed by atoms with Crippen LogP contribution in [0.2, 0.25) is 0 Å². The minimum absolute atomic E-state index is 0.0911. The molecule has 1 saturated heterocycles. The van der Waals surface area contributed by atoms with E-state index in [0.717, 1.165) is 18.7 Å². The summed E-state index contributed by atoms with van der Waals surface area (Å²) in [6.07, 6.45) is 0.906. The molecule has 1 unspecified atom stereocenters. The van der Waals surface area contributed by atoms with Crippen molar-refractivity contribution in [1.82, 2.24) is 4.72 Å². The first-order valence-corrected chi connectivity index (χ1v) is 7.54. The highest BCUT2D eigenvalue weighted by atomic mass is 32.2. The van der Waals surface area contributed by atoms with Crippen LogP contribution in [0.15, 0.2) is 23.1 Å². The number of nitrogens with two attached hydrogens (primary N) is 1. The van der Waals surface area contributed by atoms with Gasteiger partial charge in [-0.1, -0.05) is 0 Å². The van der Waals surface area contributed by atoms with Gasteiger partial charge in [0.1, 0.15) is 4.90 Å². The van der Waals surface area contributed by atoms with Gasteiger partial charge in [0.2, 0.25) is 10.0 Å². The second-order valence-electron chi connectivity index (χ2n) is 4.95. The minimum Gasteiger partial charge on any atom is -0.398 e. The van der Waals surface area contributed by atoms with Crippen LogP contribution in [0.4, 0.5) is 11.4 Å². The molecule has 1 atom stereocenters. The number of sulfonamides is 1. The van der Waals surface area contributed by atoms with Crippen molar-refractivity contribution in [3.05, 3.63) is 18.2 Å². The molecule has 7 heteroatoms. The normalized spacial score (nSPS) is 23.5. The van der Waals surface area contributed by atoms with E-state index >= 15 is 0 Å². The Morgan fingerprint density at radius 2 is 2.16 bits per heavy atom. The molecule has 0 aromatic heterocycles. The molecule has 0 saturated carbocycles. The Bertz CT molecular complexity index is 566. The molecule has 19 heavy (non-hydrogen) atoms. The number of benzene rings is 1. The largest absolute Gasteiger partial charge is 0.398 e. The van der Waals surface area contributed by atoms with E-state index in [1.54, 1.807) is 12.1 Å². The molecule has 1 aromatic carbocycles. The third-order valence-corrected chi connectivity index (χ3v) is 4.72. The maximum Gasteiger partial charge on any atom is 0.242 e. The van der Waals surface area contributed by atoms with Crippen molar-refractivity contribution in [2.24, 2.45) is 0 Å². The summed E-state index contributed by atoms with van der Waals surface area (Å²) in [5.74, 6) is 0. The summed E-state index contributed by atoms with van der Waals surface area (Å²) in [5, 5.41) is 3.33. The minimum atomic E-state index is -3.52. The van der Waals surface area contributed by atoms with Gasteiger partial charge in [-0.3, -0.25) is 0 Å². The van der Waals surface area contributed by atoms with Gasteiger partial charge >= 0.3 is 0 Å². The molecule has 0 radical (unpaired) electrons. The standard InChI is InChI=1S/C12H19N3O3S/c1-12(5-6-18-8-12)15-9-3-4-11(10(13)7-9)19(16,17)14-2/h3-4,7,14-15H,5-6,8,13H2,1-2H3. The van der Waals surface area contributed by atoms with Crippen molar-refractivity contribution in [2.45, 2.75) is 23.8 Å². The molecule has 0 bridgehead atoms. The number of hydrogen-bond donors (Lipinski definition) is 3. The van der Waals surface area contributed by atoms with Crippen LogP contribution in [-0.2, 0) is 14.8 Å². The van der Waals surface area contributed by atoms with Crippen LogP contribution in [0.5, 0.6) is 0 Å². The molecule has 1 fully saturated rings. The molecule has 0 spiro atoms. The zero-order valence-corrected chi connectivity index (χ0v) is 11.9. The number of anilines is 2. The number of rotatable bonds is 4. The SMILES string of the molecule is CNS(=O)(=O)c1ccc(NC2(C)CCOC2)cc1N.